The maximum absolute atomic E-state index is 12.5. The topological polar surface area (TPSA) is 59.8 Å². The zero-order chi connectivity index (χ0) is 21.3. The average molecular weight is 526 g/mol. The monoisotopic (exact) mass is 524 g/mol. The summed E-state index contributed by atoms with van der Waals surface area (Å²) in [4.78, 5) is 14.0. The fourth-order valence-corrected chi connectivity index (χ4v) is 6.33. The number of thioether (sulfide) groups is 1. The number of hydrogen-bond acceptors (Lipinski definition) is 5. The molecule has 0 spiro atoms. The number of carbonyl (C=O) groups excluding carboxylic acids is 1. The molecule has 4 rings (SSSR count). The summed E-state index contributed by atoms with van der Waals surface area (Å²) in [5, 5.41) is 15.3. The van der Waals surface area contributed by atoms with Crippen molar-refractivity contribution in [3.05, 3.63) is 43.5 Å². The summed E-state index contributed by atoms with van der Waals surface area (Å²) in [6, 6.07) is 5.58. The minimum Gasteiger partial charge on any atom is -0.324 e. The molecule has 0 saturated carbocycles. The third-order valence-corrected chi connectivity index (χ3v) is 7.86. The van der Waals surface area contributed by atoms with E-state index in [-0.39, 0.29) is 17.7 Å². The Hall–Kier alpha value is -1.35. The van der Waals surface area contributed by atoms with E-state index < -0.39 is 0 Å². The van der Waals surface area contributed by atoms with E-state index >= 15 is 0 Å². The molecule has 3 aromatic rings. The lowest BCUT2D eigenvalue weighted by Crippen LogP contribution is -2.15. The molecule has 0 radical (unpaired) electrons. The van der Waals surface area contributed by atoms with Gasteiger partial charge in [-0.3, -0.25) is 9.36 Å². The maximum Gasteiger partial charge on any atom is 0.234 e. The summed E-state index contributed by atoms with van der Waals surface area (Å²) in [5.41, 5.74) is 3.23. The smallest absolute Gasteiger partial charge is 0.234 e. The van der Waals surface area contributed by atoms with Gasteiger partial charge in [0, 0.05) is 26.3 Å². The first-order valence-electron chi connectivity index (χ1n) is 9.86. The molecule has 30 heavy (non-hydrogen) atoms. The molecule has 0 saturated heterocycles. The molecule has 9 heteroatoms. The number of rotatable bonds is 6. The lowest BCUT2D eigenvalue weighted by Gasteiger charge is -2.16. The Kier molecular flexibility index (Phi) is 6.87. The molecule has 1 aliphatic carbocycles. The summed E-state index contributed by atoms with van der Waals surface area (Å²) in [6.45, 7) is 4.24. The predicted octanol–water partition coefficient (Wildman–Crippen LogP) is 6.61. The minimum absolute atomic E-state index is 0.128. The van der Waals surface area contributed by atoms with E-state index in [1.54, 1.807) is 12.1 Å². The fourth-order valence-electron chi connectivity index (χ4n) is 3.61. The molecule has 0 aliphatic heterocycles. The van der Waals surface area contributed by atoms with Crippen LogP contribution in [0.5, 0.6) is 0 Å². The summed E-state index contributed by atoms with van der Waals surface area (Å²) in [6.07, 6.45) is 4.77. The Labute approximate surface area is 197 Å². The molecule has 158 valence electrons. The maximum atomic E-state index is 12.5. The van der Waals surface area contributed by atoms with Crippen LogP contribution in [0.3, 0.4) is 0 Å². The van der Waals surface area contributed by atoms with E-state index in [1.807, 2.05) is 17.4 Å². The van der Waals surface area contributed by atoms with Crippen molar-refractivity contribution >= 4 is 62.2 Å². The lowest BCUT2D eigenvalue weighted by atomic mass is 9.95. The Morgan fingerprint density at radius 1 is 1.33 bits per heavy atom. The molecule has 1 aromatic carbocycles. The van der Waals surface area contributed by atoms with Gasteiger partial charge < -0.3 is 5.32 Å². The second-order valence-corrected chi connectivity index (χ2v) is 10.7. The van der Waals surface area contributed by atoms with Crippen LogP contribution >= 0.6 is 50.6 Å². The standard InChI is InChI=1S/C21H22BrClN4OS2/c1-12(2)27-20(15-10-29-18-6-4-3-5-14(15)18)25-26-21(27)30-11-19(28)24-17-8-7-13(22)9-16(17)23/h7-10,12H,3-6,11H2,1-2H3,(H,24,28). The van der Waals surface area contributed by atoms with Gasteiger partial charge in [0.2, 0.25) is 5.91 Å². The van der Waals surface area contributed by atoms with Crippen molar-refractivity contribution in [2.75, 3.05) is 11.1 Å². The first-order valence-corrected chi connectivity index (χ1v) is 12.9. The quantitative estimate of drug-likeness (QED) is 0.368. The Morgan fingerprint density at radius 2 is 2.13 bits per heavy atom. The fraction of sp³-hybridized carbons (Fsp3) is 0.381. The molecule has 1 aliphatic rings. The van der Waals surface area contributed by atoms with E-state index in [9.17, 15) is 4.79 Å². The van der Waals surface area contributed by atoms with Gasteiger partial charge in [-0.2, -0.15) is 0 Å². The van der Waals surface area contributed by atoms with E-state index in [1.165, 1.54) is 40.6 Å². The molecular formula is C21H22BrClN4OS2. The van der Waals surface area contributed by atoms with Gasteiger partial charge in [-0.15, -0.1) is 21.5 Å². The van der Waals surface area contributed by atoms with Gasteiger partial charge in [-0.25, -0.2) is 0 Å². The largest absolute Gasteiger partial charge is 0.324 e. The van der Waals surface area contributed by atoms with Gasteiger partial charge in [0.15, 0.2) is 11.0 Å². The van der Waals surface area contributed by atoms with Crippen LogP contribution in [-0.2, 0) is 17.6 Å². The number of anilines is 1. The summed E-state index contributed by atoms with van der Waals surface area (Å²) in [5.74, 6) is 1.01. The third-order valence-electron chi connectivity index (χ3n) is 5.02. The van der Waals surface area contributed by atoms with Crippen LogP contribution in [-0.4, -0.2) is 26.4 Å². The first kappa shape index (κ1) is 21.9. The molecule has 1 amide bonds. The highest BCUT2D eigenvalue weighted by Gasteiger charge is 2.23. The van der Waals surface area contributed by atoms with Crippen LogP contribution < -0.4 is 5.32 Å². The van der Waals surface area contributed by atoms with Gasteiger partial charge in [0.25, 0.3) is 0 Å². The van der Waals surface area contributed by atoms with E-state index in [4.69, 9.17) is 11.6 Å². The van der Waals surface area contributed by atoms with Crippen molar-refractivity contribution in [2.45, 2.75) is 50.7 Å². The van der Waals surface area contributed by atoms with E-state index in [0.29, 0.717) is 10.7 Å². The minimum atomic E-state index is -0.128. The van der Waals surface area contributed by atoms with Crippen molar-refractivity contribution in [2.24, 2.45) is 0 Å². The van der Waals surface area contributed by atoms with Crippen LogP contribution in [0.4, 0.5) is 5.69 Å². The highest BCUT2D eigenvalue weighted by molar-refractivity contribution is 9.10. The van der Waals surface area contributed by atoms with Crippen molar-refractivity contribution in [3.63, 3.8) is 0 Å². The second kappa shape index (κ2) is 9.42. The van der Waals surface area contributed by atoms with Gasteiger partial charge >= 0.3 is 0 Å². The highest BCUT2D eigenvalue weighted by atomic mass is 79.9. The van der Waals surface area contributed by atoms with Gasteiger partial charge in [0.1, 0.15) is 0 Å². The molecule has 1 N–H and O–H groups in total. The zero-order valence-corrected chi connectivity index (χ0v) is 20.7. The zero-order valence-electron chi connectivity index (χ0n) is 16.7. The molecule has 0 unspecified atom stereocenters. The number of halogens is 2. The van der Waals surface area contributed by atoms with Crippen LogP contribution in [0.2, 0.25) is 5.02 Å². The summed E-state index contributed by atoms with van der Waals surface area (Å²) in [7, 11) is 0. The normalized spacial score (nSPS) is 13.5. The molecule has 0 bridgehead atoms. The average Bonchev–Trinajstić information content (AvgIpc) is 3.32. The van der Waals surface area contributed by atoms with Gasteiger partial charge in [0.05, 0.1) is 16.5 Å². The SMILES string of the molecule is CC(C)n1c(SCC(=O)Nc2ccc(Br)cc2Cl)nnc1-c1csc2c1CCCC2. The number of nitrogens with one attached hydrogen (secondary N) is 1. The number of carbonyl (C=O) groups is 1. The van der Waals surface area contributed by atoms with Crippen molar-refractivity contribution in [3.8, 4) is 11.4 Å². The number of amides is 1. The molecular weight excluding hydrogens is 504 g/mol. The van der Waals surface area contributed by atoms with Crippen LogP contribution in [0.25, 0.3) is 11.4 Å². The Morgan fingerprint density at radius 3 is 2.90 bits per heavy atom. The predicted molar refractivity (Wildman–Crippen MR) is 129 cm³/mol. The number of fused-ring (bicyclic) bond motifs is 1. The summed E-state index contributed by atoms with van der Waals surface area (Å²) < 4.78 is 3.01. The number of aryl methyl sites for hydroxylation is 1. The number of hydrogen-bond donors (Lipinski definition) is 1. The Bertz CT molecular complexity index is 1080. The van der Waals surface area contributed by atoms with Gasteiger partial charge in [-0.05, 0) is 63.3 Å². The van der Waals surface area contributed by atoms with E-state index in [2.05, 4.69) is 55.2 Å². The van der Waals surface area contributed by atoms with Crippen LogP contribution in [0.15, 0.2) is 33.2 Å². The van der Waals surface area contributed by atoms with Crippen molar-refractivity contribution in [1.29, 1.82) is 0 Å². The van der Waals surface area contributed by atoms with Crippen LogP contribution in [0, 0.1) is 0 Å². The Balaban J connectivity index is 1.51. The van der Waals surface area contributed by atoms with Crippen molar-refractivity contribution in [1.82, 2.24) is 14.8 Å². The highest BCUT2D eigenvalue weighted by Crippen LogP contribution is 2.38. The van der Waals surface area contributed by atoms with Gasteiger partial charge in [-0.1, -0.05) is 39.3 Å². The number of nitrogens with zero attached hydrogens (tertiary/aromatic N) is 3. The lowest BCUT2D eigenvalue weighted by molar-refractivity contribution is -0.113. The number of thiophene rings is 1. The second-order valence-electron chi connectivity index (χ2n) is 7.49. The van der Waals surface area contributed by atoms with Crippen molar-refractivity contribution < 1.29 is 4.79 Å². The molecule has 0 atom stereocenters. The molecule has 2 heterocycles. The number of benzene rings is 1. The number of aromatic nitrogens is 3. The van der Waals surface area contributed by atoms with Crippen LogP contribution in [0.1, 0.15) is 43.2 Å². The molecule has 0 fully saturated rings. The summed E-state index contributed by atoms with van der Waals surface area (Å²) >= 11 is 12.8. The third kappa shape index (κ3) is 4.61. The molecule has 2 aromatic heterocycles. The first-order chi connectivity index (χ1) is 14.4. The molecule has 5 nitrogen and oxygen atoms in total. The van der Waals surface area contributed by atoms with E-state index in [0.717, 1.165) is 28.3 Å².